The van der Waals surface area contributed by atoms with Gasteiger partial charge in [0.1, 0.15) is 0 Å². The van der Waals surface area contributed by atoms with Crippen LogP contribution in [-0.4, -0.2) is 18.4 Å². The zero-order valence-electron chi connectivity index (χ0n) is 16.1. The van der Waals surface area contributed by atoms with Gasteiger partial charge in [-0.1, -0.05) is 49.7 Å². The third-order valence-corrected chi connectivity index (χ3v) is 4.55. The van der Waals surface area contributed by atoms with E-state index in [1.807, 2.05) is 49.4 Å². The van der Waals surface area contributed by atoms with Crippen LogP contribution >= 0.6 is 0 Å². The van der Waals surface area contributed by atoms with Crippen LogP contribution in [0.3, 0.4) is 0 Å². The summed E-state index contributed by atoms with van der Waals surface area (Å²) in [6, 6.07) is 13.9. The van der Waals surface area contributed by atoms with Crippen molar-refractivity contribution < 1.29 is 9.59 Å². The van der Waals surface area contributed by atoms with Crippen molar-refractivity contribution in [2.24, 2.45) is 0 Å². The third-order valence-electron chi connectivity index (χ3n) is 4.55. The van der Waals surface area contributed by atoms with Crippen LogP contribution in [0.5, 0.6) is 0 Å². The van der Waals surface area contributed by atoms with Gasteiger partial charge in [-0.2, -0.15) is 0 Å². The van der Waals surface area contributed by atoms with Gasteiger partial charge in [-0.15, -0.1) is 0 Å². The Kier molecular flexibility index (Phi) is 6.96. The third kappa shape index (κ3) is 4.94. The molecule has 0 radical (unpaired) electrons. The summed E-state index contributed by atoms with van der Waals surface area (Å²) >= 11 is 0. The minimum absolute atomic E-state index is 0.0649. The summed E-state index contributed by atoms with van der Waals surface area (Å²) in [5.41, 5.74) is 5.16. The van der Waals surface area contributed by atoms with Gasteiger partial charge in [0, 0.05) is 31.3 Å². The van der Waals surface area contributed by atoms with Crippen LogP contribution in [0.2, 0.25) is 0 Å². The molecule has 0 unspecified atom stereocenters. The molecule has 0 saturated heterocycles. The Morgan fingerprint density at radius 2 is 1.54 bits per heavy atom. The lowest BCUT2D eigenvalue weighted by atomic mass is 10.0. The molecule has 0 fully saturated rings. The second-order valence-corrected chi connectivity index (χ2v) is 6.46. The van der Waals surface area contributed by atoms with Crippen molar-refractivity contribution in [1.82, 2.24) is 0 Å². The Morgan fingerprint density at radius 3 is 2.04 bits per heavy atom. The maximum atomic E-state index is 12.5. The molecule has 0 atom stereocenters. The highest BCUT2D eigenvalue weighted by Gasteiger charge is 2.15. The second kappa shape index (κ2) is 9.18. The van der Waals surface area contributed by atoms with Crippen LogP contribution in [0.25, 0.3) is 0 Å². The fourth-order valence-electron chi connectivity index (χ4n) is 3.01. The molecule has 0 heterocycles. The van der Waals surface area contributed by atoms with Gasteiger partial charge in [-0.05, 0) is 43.0 Å². The predicted molar refractivity (Wildman–Crippen MR) is 108 cm³/mol. The number of hydrogen-bond donors (Lipinski definition) is 1. The van der Waals surface area contributed by atoms with Gasteiger partial charge in [0.05, 0.1) is 0 Å². The highest BCUT2D eigenvalue weighted by Crippen LogP contribution is 2.23. The van der Waals surface area contributed by atoms with Gasteiger partial charge < -0.3 is 10.2 Å². The zero-order valence-corrected chi connectivity index (χ0v) is 16.1. The molecule has 2 aromatic rings. The van der Waals surface area contributed by atoms with E-state index in [1.165, 1.54) is 6.92 Å². The van der Waals surface area contributed by atoms with E-state index in [-0.39, 0.29) is 18.2 Å². The number of hydrogen-bond acceptors (Lipinski definition) is 2. The molecule has 0 aliphatic heterocycles. The minimum atomic E-state index is -0.0704. The molecule has 2 aromatic carbocycles. The fraction of sp³-hybridized carbons (Fsp3) is 0.364. The SMILES string of the molecule is CCc1cccc(CC)c1NC(=O)CCN(C(C)=O)c1ccc(C)cc1. The van der Waals surface area contributed by atoms with E-state index in [4.69, 9.17) is 0 Å². The highest BCUT2D eigenvalue weighted by molar-refractivity contribution is 5.95. The van der Waals surface area contributed by atoms with E-state index in [9.17, 15) is 9.59 Å². The molecular weight excluding hydrogens is 324 g/mol. The quantitative estimate of drug-likeness (QED) is 0.797. The van der Waals surface area contributed by atoms with Crippen molar-refractivity contribution in [3.8, 4) is 0 Å². The van der Waals surface area contributed by atoms with Crippen LogP contribution in [-0.2, 0) is 22.4 Å². The van der Waals surface area contributed by atoms with Crippen LogP contribution in [0.4, 0.5) is 11.4 Å². The van der Waals surface area contributed by atoms with Crippen LogP contribution in [0, 0.1) is 6.92 Å². The van der Waals surface area contributed by atoms with Crippen LogP contribution in [0.15, 0.2) is 42.5 Å². The molecule has 1 N–H and O–H groups in total. The minimum Gasteiger partial charge on any atom is -0.326 e. The van der Waals surface area contributed by atoms with Crippen LogP contribution < -0.4 is 10.2 Å². The number of aryl methyl sites for hydroxylation is 3. The van der Waals surface area contributed by atoms with Crippen molar-refractivity contribution in [2.75, 3.05) is 16.8 Å². The highest BCUT2D eigenvalue weighted by atomic mass is 16.2. The van der Waals surface area contributed by atoms with Gasteiger partial charge in [-0.3, -0.25) is 9.59 Å². The van der Waals surface area contributed by atoms with Gasteiger partial charge >= 0.3 is 0 Å². The lowest BCUT2D eigenvalue weighted by molar-refractivity contribution is -0.117. The number of carbonyl (C=O) groups is 2. The maximum absolute atomic E-state index is 12.5. The van der Waals surface area contributed by atoms with Gasteiger partial charge in [0.2, 0.25) is 11.8 Å². The number of para-hydroxylation sites is 1. The number of anilines is 2. The van der Waals surface area contributed by atoms with E-state index >= 15 is 0 Å². The van der Waals surface area contributed by atoms with Crippen molar-refractivity contribution in [1.29, 1.82) is 0 Å². The number of carbonyl (C=O) groups excluding carboxylic acids is 2. The number of nitrogens with one attached hydrogen (secondary N) is 1. The van der Waals surface area contributed by atoms with Gasteiger partial charge in [0.15, 0.2) is 0 Å². The first-order valence-electron chi connectivity index (χ1n) is 9.21. The second-order valence-electron chi connectivity index (χ2n) is 6.46. The number of benzene rings is 2. The first-order valence-corrected chi connectivity index (χ1v) is 9.21. The Hall–Kier alpha value is -2.62. The number of rotatable bonds is 7. The molecule has 26 heavy (non-hydrogen) atoms. The average Bonchev–Trinajstić information content (AvgIpc) is 2.63. The summed E-state index contributed by atoms with van der Waals surface area (Å²) in [6.07, 6.45) is 1.99. The van der Waals surface area contributed by atoms with E-state index in [0.29, 0.717) is 6.54 Å². The largest absolute Gasteiger partial charge is 0.326 e. The normalized spacial score (nSPS) is 10.5. The molecular formula is C22H28N2O2. The molecule has 4 nitrogen and oxygen atoms in total. The Morgan fingerprint density at radius 1 is 0.962 bits per heavy atom. The predicted octanol–water partition coefficient (Wildman–Crippen LogP) is 4.50. The first-order chi connectivity index (χ1) is 12.5. The Labute approximate surface area is 156 Å². The molecule has 0 bridgehead atoms. The van der Waals surface area contributed by atoms with E-state index in [1.54, 1.807) is 4.90 Å². The van der Waals surface area contributed by atoms with E-state index < -0.39 is 0 Å². The molecule has 0 aliphatic carbocycles. The fourth-order valence-corrected chi connectivity index (χ4v) is 3.01. The summed E-state index contributed by atoms with van der Waals surface area (Å²) in [7, 11) is 0. The molecule has 138 valence electrons. The molecule has 0 spiro atoms. The van der Waals surface area contributed by atoms with Gasteiger partial charge in [-0.25, -0.2) is 0 Å². The van der Waals surface area contributed by atoms with Crippen molar-refractivity contribution in [3.05, 3.63) is 59.2 Å². The molecule has 0 saturated carbocycles. The smallest absolute Gasteiger partial charge is 0.226 e. The van der Waals surface area contributed by atoms with Crippen molar-refractivity contribution in [2.45, 2.75) is 47.0 Å². The number of amides is 2. The topological polar surface area (TPSA) is 49.4 Å². The maximum Gasteiger partial charge on any atom is 0.226 e. The van der Waals surface area contributed by atoms with E-state index in [0.717, 1.165) is 40.9 Å². The standard InChI is InChI=1S/C22H28N2O2/c1-5-18-8-7-9-19(6-2)22(18)23-21(26)14-15-24(17(4)25)20-12-10-16(3)11-13-20/h7-13H,5-6,14-15H2,1-4H3,(H,23,26). The average molecular weight is 352 g/mol. The van der Waals surface area contributed by atoms with Crippen molar-refractivity contribution in [3.63, 3.8) is 0 Å². The molecule has 2 amide bonds. The Bertz CT molecular complexity index is 744. The van der Waals surface area contributed by atoms with Crippen LogP contribution in [0.1, 0.15) is 43.9 Å². The number of nitrogens with zero attached hydrogens (tertiary/aromatic N) is 1. The molecule has 0 aromatic heterocycles. The van der Waals surface area contributed by atoms with Gasteiger partial charge in [0.25, 0.3) is 0 Å². The lowest BCUT2D eigenvalue weighted by Crippen LogP contribution is -2.32. The van der Waals surface area contributed by atoms with E-state index in [2.05, 4.69) is 19.2 Å². The summed E-state index contributed by atoms with van der Waals surface area (Å²) in [5, 5.41) is 3.06. The molecule has 4 heteroatoms. The lowest BCUT2D eigenvalue weighted by Gasteiger charge is -2.21. The molecule has 2 rings (SSSR count). The Balaban J connectivity index is 2.07. The monoisotopic (exact) mass is 352 g/mol. The summed E-state index contributed by atoms with van der Waals surface area (Å²) in [6.45, 7) is 8.06. The zero-order chi connectivity index (χ0) is 19.1. The summed E-state index contributed by atoms with van der Waals surface area (Å²) in [5.74, 6) is -0.135. The summed E-state index contributed by atoms with van der Waals surface area (Å²) in [4.78, 5) is 26.2. The van der Waals surface area contributed by atoms with Crippen molar-refractivity contribution >= 4 is 23.2 Å². The first kappa shape index (κ1) is 19.7. The molecule has 0 aliphatic rings. The summed E-state index contributed by atoms with van der Waals surface area (Å²) < 4.78 is 0.